The van der Waals surface area contributed by atoms with Gasteiger partial charge in [0.15, 0.2) is 11.5 Å². The summed E-state index contributed by atoms with van der Waals surface area (Å²) in [5.41, 5.74) is 1.01. The van der Waals surface area contributed by atoms with Gasteiger partial charge in [-0.3, -0.25) is 9.69 Å². The average molecular weight is 280 g/mol. The molecule has 0 saturated carbocycles. The van der Waals surface area contributed by atoms with E-state index < -0.39 is 0 Å². The van der Waals surface area contributed by atoms with Crippen molar-refractivity contribution in [2.24, 2.45) is 0 Å². The van der Waals surface area contributed by atoms with Crippen LogP contribution in [-0.4, -0.2) is 54.6 Å². The van der Waals surface area contributed by atoms with Gasteiger partial charge in [0, 0.05) is 20.6 Å². The smallest absolute Gasteiger partial charge is 0.236 e. The monoisotopic (exact) mass is 280 g/mol. The highest BCUT2D eigenvalue weighted by Crippen LogP contribution is 2.27. The molecule has 0 atom stereocenters. The first kappa shape index (κ1) is 16.3. The third-order valence-corrected chi connectivity index (χ3v) is 3.04. The maximum Gasteiger partial charge on any atom is 0.236 e. The van der Waals surface area contributed by atoms with Crippen LogP contribution in [0.15, 0.2) is 18.2 Å². The molecule has 0 radical (unpaired) electrons. The molecule has 0 saturated heterocycles. The van der Waals surface area contributed by atoms with Crippen LogP contribution in [0, 0.1) is 0 Å². The fourth-order valence-electron chi connectivity index (χ4n) is 1.80. The summed E-state index contributed by atoms with van der Waals surface area (Å²) in [6.07, 6.45) is 0. The van der Waals surface area contributed by atoms with Gasteiger partial charge in [-0.2, -0.15) is 0 Å². The molecule has 20 heavy (non-hydrogen) atoms. The van der Waals surface area contributed by atoms with Gasteiger partial charge >= 0.3 is 0 Å². The Morgan fingerprint density at radius 2 is 2.00 bits per heavy atom. The number of rotatable bonds is 7. The van der Waals surface area contributed by atoms with Gasteiger partial charge in [0.25, 0.3) is 0 Å². The van der Waals surface area contributed by atoms with Gasteiger partial charge in [0.2, 0.25) is 5.91 Å². The van der Waals surface area contributed by atoms with Crippen LogP contribution < -0.4 is 4.74 Å². The SMILES string of the molecule is CCOc1cc(CN(CC)CC(=O)N(C)C)ccc1O. The van der Waals surface area contributed by atoms with E-state index in [1.54, 1.807) is 25.1 Å². The maximum atomic E-state index is 11.7. The first-order chi connectivity index (χ1) is 9.47. The van der Waals surface area contributed by atoms with Crippen molar-refractivity contribution in [3.8, 4) is 11.5 Å². The molecule has 112 valence electrons. The second-order valence-electron chi connectivity index (χ2n) is 4.83. The van der Waals surface area contributed by atoms with E-state index in [9.17, 15) is 9.90 Å². The molecule has 0 aliphatic rings. The highest BCUT2D eigenvalue weighted by Gasteiger charge is 2.12. The molecule has 0 heterocycles. The largest absolute Gasteiger partial charge is 0.504 e. The molecule has 1 N–H and O–H groups in total. The highest BCUT2D eigenvalue weighted by molar-refractivity contribution is 5.77. The maximum absolute atomic E-state index is 11.7. The van der Waals surface area contributed by atoms with Gasteiger partial charge in [-0.1, -0.05) is 13.0 Å². The minimum absolute atomic E-state index is 0.0793. The van der Waals surface area contributed by atoms with Gasteiger partial charge in [-0.05, 0) is 31.2 Å². The number of carbonyl (C=O) groups excluding carboxylic acids is 1. The Balaban J connectivity index is 2.74. The molecule has 0 spiro atoms. The first-order valence-corrected chi connectivity index (χ1v) is 6.85. The van der Waals surface area contributed by atoms with Crippen molar-refractivity contribution in [1.29, 1.82) is 0 Å². The molecule has 1 aromatic carbocycles. The molecule has 0 aliphatic carbocycles. The average Bonchev–Trinajstić information content (AvgIpc) is 2.41. The quantitative estimate of drug-likeness (QED) is 0.826. The number of hydrogen-bond donors (Lipinski definition) is 1. The number of hydrogen-bond acceptors (Lipinski definition) is 4. The third-order valence-electron chi connectivity index (χ3n) is 3.04. The van der Waals surface area contributed by atoms with Crippen molar-refractivity contribution >= 4 is 5.91 Å². The van der Waals surface area contributed by atoms with Gasteiger partial charge in [0.05, 0.1) is 13.2 Å². The fourth-order valence-corrected chi connectivity index (χ4v) is 1.80. The Bertz CT molecular complexity index is 447. The molecule has 0 fully saturated rings. The summed E-state index contributed by atoms with van der Waals surface area (Å²) in [5.74, 6) is 0.707. The number of aromatic hydroxyl groups is 1. The number of amides is 1. The van der Waals surface area contributed by atoms with Crippen LogP contribution in [0.5, 0.6) is 11.5 Å². The Kier molecular flexibility index (Phi) is 6.31. The minimum atomic E-state index is 0.0793. The van der Waals surface area contributed by atoms with E-state index in [4.69, 9.17) is 4.74 Å². The van der Waals surface area contributed by atoms with Gasteiger partial charge in [-0.25, -0.2) is 0 Å². The van der Waals surface area contributed by atoms with Gasteiger partial charge in [0.1, 0.15) is 0 Å². The summed E-state index contributed by atoms with van der Waals surface area (Å²) >= 11 is 0. The lowest BCUT2D eigenvalue weighted by atomic mass is 10.2. The van der Waals surface area contributed by atoms with Crippen molar-refractivity contribution in [3.63, 3.8) is 0 Å². The lowest BCUT2D eigenvalue weighted by Crippen LogP contribution is -2.36. The van der Waals surface area contributed by atoms with Crippen LogP contribution in [0.2, 0.25) is 0 Å². The standard InChI is InChI=1S/C15H24N2O3/c1-5-17(11-15(19)16(3)4)10-12-7-8-13(18)14(9-12)20-6-2/h7-9,18H,5-6,10-11H2,1-4H3. The lowest BCUT2D eigenvalue weighted by Gasteiger charge is -2.22. The minimum Gasteiger partial charge on any atom is -0.504 e. The van der Waals surface area contributed by atoms with Crippen molar-refractivity contribution in [1.82, 2.24) is 9.80 Å². The molecule has 1 amide bonds. The zero-order valence-corrected chi connectivity index (χ0v) is 12.7. The summed E-state index contributed by atoms with van der Waals surface area (Å²) in [5, 5.41) is 9.68. The molecule has 1 rings (SSSR count). The van der Waals surface area contributed by atoms with E-state index in [2.05, 4.69) is 0 Å². The Morgan fingerprint density at radius 1 is 1.30 bits per heavy atom. The molecular weight excluding hydrogens is 256 g/mol. The first-order valence-electron chi connectivity index (χ1n) is 6.85. The van der Waals surface area contributed by atoms with E-state index in [1.807, 2.05) is 30.9 Å². The zero-order chi connectivity index (χ0) is 15.1. The van der Waals surface area contributed by atoms with Crippen LogP contribution in [0.1, 0.15) is 19.4 Å². The van der Waals surface area contributed by atoms with Crippen LogP contribution in [-0.2, 0) is 11.3 Å². The van der Waals surface area contributed by atoms with E-state index in [-0.39, 0.29) is 11.7 Å². The fraction of sp³-hybridized carbons (Fsp3) is 0.533. The van der Waals surface area contributed by atoms with E-state index in [0.717, 1.165) is 12.1 Å². The molecule has 0 unspecified atom stereocenters. The topological polar surface area (TPSA) is 53.0 Å². The molecule has 1 aromatic rings. The number of likely N-dealkylation sites (N-methyl/N-ethyl adjacent to an activating group) is 2. The summed E-state index contributed by atoms with van der Waals surface area (Å²) in [4.78, 5) is 15.4. The van der Waals surface area contributed by atoms with Crippen LogP contribution in [0.25, 0.3) is 0 Å². The zero-order valence-electron chi connectivity index (χ0n) is 12.7. The summed E-state index contributed by atoms with van der Waals surface area (Å²) in [6.45, 7) is 6.22. The summed E-state index contributed by atoms with van der Waals surface area (Å²) in [6, 6.07) is 5.30. The number of benzene rings is 1. The predicted octanol–water partition coefficient (Wildman–Crippen LogP) is 1.70. The van der Waals surface area contributed by atoms with E-state index in [1.165, 1.54) is 0 Å². The molecular formula is C15H24N2O3. The third kappa shape index (κ3) is 4.74. The number of phenols is 1. The van der Waals surface area contributed by atoms with Gasteiger partial charge in [-0.15, -0.1) is 0 Å². The number of phenolic OH excluding ortho intramolecular Hbond substituents is 1. The van der Waals surface area contributed by atoms with Crippen LogP contribution >= 0.6 is 0 Å². The molecule has 0 bridgehead atoms. The summed E-state index contributed by atoms with van der Waals surface area (Å²) in [7, 11) is 3.51. The van der Waals surface area contributed by atoms with Crippen molar-refractivity contribution in [2.75, 3.05) is 33.8 Å². The Hall–Kier alpha value is -1.75. The molecule has 5 nitrogen and oxygen atoms in total. The lowest BCUT2D eigenvalue weighted by molar-refractivity contribution is -0.130. The second kappa shape index (κ2) is 7.75. The second-order valence-corrected chi connectivity index (χ2v) is 4.83. The van der Waals surface area contributed by atoms with Crippen LogP contribution in [0.3, 0.4) is 0 Å². The van der Waals surface area contributed by atoms with Gasteiger partial charge < -0.3 is 14.7 Å². The summed E-state index contributed by atoms with van der Waals surface area (Å²) < 4.78 is 5.37. The van der Waals surface area contributed by atoms with E-state index >= 15 is 0 Å². The predicted molar refractivity (Wildman–Crippen MR) is 78.9 cm³/mol. The van der Waals surface area contributed by atoms with Crippen LogP contribution in [0.4, 0.5) is 0 Å². The molecule has 5 heteroatoms. The Morgan fingerprint density at radius 3 is 2.55 bits per heavy atom. The van der Waals surface area contributed by atoms with Crippen molar-refractivity contribution in [2.45, 2.75) is 20.4 Å². The highest BCUT2D eigenvalue weighted by atomic mass is 16.5. The number of ether oxygens (including phenoxy) is 1. The number of nitrogens with zero attached hydrogens (tertiary/aromatic N) is 2. The Labute approximate surface area is 120 Å². The van der Waals surface area contributed by atoms with Crippen molar-refractivity contribution < 1.29 is 14.6 Å². The van der Waals surface area contributed by atoms with Crippen molar-refractivity contribution in [3.05, 3.63) is 23.8 Å². The normalized spacial score (nSPS) is 10.7. The number of carbonyl (C=O) groups is 1. The molecule has 0 aromatic heterocycles. The molecule has 0 aliphatic heterocycles. The van der Waals surface area contributed by atoms with E-state index in [0.29, 0.717) is 25.4 Å².